The first-order valence-electron chi connectivity index (χ1n) is 7.52. The second kappa shape index (κ2) is 7.35. The number of hydrogen-bond acceptors (Lipinski definition) is 4. The molecule has 0 aromatic carbocycles. The van der Waals surface area contributed by atoms with Crippen molar-refractivity contribution in [3.8, 4) is 0 Å². The molecule has 1 amide bonds. The Balaban J connectivity index is 2.57. The van der Waals surface area contributed by atoms with Gasteiger partial charge in [-0.1, -0.05) is 6.08 Å². The lowest BCUT2D eigenvalue weighted by atomic mass is 10.2. The largest absolute Gasteiger partial charge is 0.444 e. The molecular formula is C17H26N2O4. The molecule has 0 aliphatic rings. The molecule has 0 saturated heterocycles. The van der Waals surface area contributed by atoms with E-state index < -0.39 is 23.4 Å². The van der Waals surface area contributed by atoms with Gasteiger partial charge in [-0.15, -0.1) is 0 Å². The Morgan fingerprint density at radius 1 is 1.13 bits per heavy atom. The zero-order valence-electron chi connectivity index (χ0n) is 14.7. The van der Waals surface area contributed by atoms with Gasteiger partial charge < -0.3 is 14.8 Å². The van der Waals surface area contributed by atoms with Crippen LogP contribution in [0.3, 0.4) is 0 Å². The summed E-state index contributed by atoms with van der Waals surface area (Å²) in [5.41, 5.74) is -0.412. The fourth-order valence-corrected chi connectivity index (χ4v) is 1.64. The maximum Gasteiger partial charge on any atom is 0.418 e. The van der Waals surface area contributed by atoms with E-state index >= 15 is 0 Å². The van der Waals surface area contributed by atoms with Crippen molar-refractivity contribution in [3.63, 3.8) is 0 Å². The van der Waals surface area contributed by atoms with Crippen molar-refractivity contribution in [2.24, 2.45) is 0 Å². The average Bonchev–Trinajstić information content (AvgIpc) is 2.78. The molecule has 1 rings (SSSR count). The van der Waals surface area contributed by atoms with Crippen molar-refractivity contribution < 1.29 is 19.1 Å². The summed E-state index contributed by atoms with van der Waals surface area (Å²) in [4.78, 5) is 23.6. The van der Waals surface area contributed by atoms with E-state index in [1.54, 1.807) is 51.3 Å². The maximum atomic E-state index is 12.1. The zero-order valence-corrected chi connectivity index (χ0v) is 14.7. The summed E-state index contributed by atoms with van der Waals surface area (Å²) in [5.74, 6) is 0. The third-order valence-corrected chi connectivity index (χ3v) is 2.42. The molecule has 1 N–H and O–H groups in total. The number of nitrogens with one attached hydrogen (secondary N) is 1. The quantitative estimate of drug-likeness (QED) is 0.918. The van der Waals surface area contributed by atoms with Gasteiger partial charge in [0.15, 0.2) is 0 Å². The molecule has 0 spiro atoms. The molecule has 0 aliphatic carbocycles. The molecule has 128 valence electrons. The molecule has 23 heavy (non-hydrogen) atoms. The maximum absolute atomic E-state index is 12.1. The number of aromatic nitrogens is 1. The highest BCUT2D eigenvalue weighted by Gasteiger charge is 2.18. The van der Waals surface area contributed by atoms with E-state index in [0.29, 0.717) is 12.2 Å². The van der Waals surface area contributed by atoms with Crippen LogP contribution in [0.2, 0.25) is 0 Å². The number of carbonyl (C=O) groups is 2. The molecule has 1 aromatic rings. The number of hydrogen-bond donors (Lipinski definition) is 1. The van der Waals surface area contributed by atoms with E-state index in [1.807, 2.05) is 20.8 Å². The van der Waals surface area contributed by atoms with E-state index in [0.717, 1.165) is 0 Å². The predicted molar refractivity (Wildman–Crippen MR) is 89.3 cm³/mol. The van der Waals surface area contributed by atoms with Gasteiger partial charge in [0.25, 0.3) is 0 Å². The SMILES string of the molecule is CC(C)(C)OC(=O)NCC=Cc1cccn1C(=O)OC(C)(C)C. The zero-order chi connectivity index (χ0) is 17.7. The molecule has 0 fully saturated rings. The Hall–Kier alpha value is -2.24. The highest BCUT2D eigenvalue weighted by atomic mass is 16.6. The van der Waals surface area contributed by atoms with Crippen molar-refractivity contribution >= 4 is 18.3 Å². The molecule has 1 heterocycles. The van der Waals surface area contributed by atoms with Crippen molar-refractivity contribution in [1.29, 1.82) is 0 Å². The Labute approximate surface area is 137 Å². The Morgan fingerprint density at radius 2 is 1.74 bits per heavy atom. The minimum Gasteiger partial charge on any atom is -0.444 e. The Morgan fingerprint density at radius 3 is 2.30 bits per heavy atom. The van der Waals surface area contributed by atoms with Crippen molar-refractivity contribution in [2.45, 2.75) is 52.7 Å². The van der Waals surface area contributed by atoms with Gasteiger partial charge in [0.2, 0.25) is 0 Å². The lowest BCUT2D eigenvalue weighted by molar-refractivity contribution is 0.0523. The summed E-state index contributed by atoms with van der Waals surface area (Å²) < 4.78 is 11.9. The van der Waals surface area contributed by atoms with Crippen LogP contribution in [-0.2, 0) is 9.47 Å². The van der Waals surface area contributed by atoms with Crippen LogP contribution in [0.4, 0.5) is 9.59 Å². The van der Waals surface area contributed by atoms with Crippen molar-refractivity contribution in [2.75, 3.05) is 6.54 Å². The number of alkyl carbamates (subject to hydrolysis) is 1. The van der Waals surface area contributed by atoms with E-state index in [1.165, 1.54) is 4.57 Å². The summed E-state index contributed by atoms with van der Waals surface area (Å²) in [6.45, 7) is 11.1. The van der Waals surface area contributed by atoms with Crippen LogP contribution in [0.15, 0.2) is 24.4 Å². The van der Waals surface area contributed by atoms with E-state index in [2.05, 4.69) is 5.32 Å². The minimum atomic E-state index is -0.555. The number of carbonyl (C=O) groups excluding carboxylic acids is 2. The first kappa shape index (κ1) is 18.8. The minimum absolute atomic E-state index is 0.300. The van der Waals surface area contributed by atoms with Gasteiger partial charge in [-0.05, 0) is 59.8 Å². The van der Waals surface area contributed by atoms with Crippen LogP contribution in [0.25, 0.3) is 6.08 Å². The molecule has 6 nitrogen and oxygen atoms in total. The van der Waals surface area contributed by atoms with E-state index in [4.69, 9.17) is 9.47 Å². The molecule has 1 aromatic heterocycles. The lowest BCUT2D eigenvalue weighted by Crippen LogP contribution is -2.32. The van der Waals surface area contributed by atoms with Crippen LogP contribution in [0.5, 0.6) is 0 Å². The number of rotatable bonds is 3. The van der Waals surface area contributed by atoms with Gasteiger partial charge in [-0.2, -0.15) is 0 Å². The third-order valence-electron chi connectivity index (χ3n) is 2.42. The molecule has 0 aliphatic heterocycles. The van der Waals surface area contributed by atoms with Gasteiger partial charge in [-0.3, -0.25) is 4.57 Å². The fraction of sp³-hybridized carbons (Fsp3) is 0.529. The average molecular weight is 322 g/mol. The normalized spacial score (nSPS) is 12.3. The highest BCUT2D eigenvalue weighted by molar-refractivity contribution is 5.75. The lowest BCUT2D eigenvalue weighted by Gasteiger charge is -2.20. The molecule has 0 saturated carbocycles. The molecular weight excluding hydrogens is 296 g/mol. The van der Waals surface area contributed by atoms with Gasteiger partial charge in [0.05, 0.1) is 5.69 Å². The van der Waals surface area contributed by atoms with Gasteiger partial charge in [0.1, 0.15) is 11.2 Å². The highest BCUT2D eigenvalue weighted by Crippen LogP contribution is 2.12. The van der Waals surface area contributed by atoms with Crippen molar-refractivity contribution in [3.05, 3.63) is 30.1 Å². The molecule has 0 atom stereocenters. The van der Waals surface area contributed by atoms with E-state index in [-0.39, 0.29) is 0 Å². The standard InChI is InChI=1S/C17H26N2O4/c1-16(2,3)22-14(20)18-11-7-9-13-10-8-12-19(13)15(21)23-17(4,5)6/h7-10,12H,11H2,1-6H3,(H,18,20). The van der Waals surface area contributed by atoms with Crippen LogP contribution >= 0.6 is 0 Å². The fourth-order valence-electron chi connectivity index (χ4n) is 1.64. The summed E-state index contributed by atoms with van der Waals surface area (Å²) in [6.07, 6.45) is 4.18. The van der Waals surface area contributed by atoms with Crippen LogP contribution in [0.1, 0.15) is 47.2 Å². The monoisotopic (exact) mass is 322 g/mol. The van der Waals surface area contributed by atoms with Crippen molar-refractivity contribution in [1.82, 2.24) is 9.88 Å². The second-order valence-electron chi connectivity index (χ2n) is 7.07. The Bertz CT molecular complexity index is 574. The predicted octanol–water partition coefficient (Wildman–Crippen LogP) is 3.81. The van der Waals surface area contributed by atoms with Gasteiger partial charge >= 0.3 is 12.2 Å². The molecule has 0 radical (unpaired) electrons. The number of amides is 1. The number of nitrogens with zero attached hydrogens (tertiary/aromatic N) is 1. The van der Waals surface area contributed by atoms with Crippen LogP contribution in [0, 0.1) is 0 Å². The first-order valence-corrected chi connectivity index (χ1v) is 7.52. The summed E-state index contributed by atoms with van der Waals surface area (Å²) in [6, 6.07) is 3.54. The van der Waals surface area contributed by atoms with E-state index in [9.17, 15) is 9.59 Å². The molecule has 6 heteroatoms. The van der Waals surface area contributed by atoms with Gasteiger partial charge in [0, 0.05) is 12.7 Å². The topological polar surface area (TPSA) is 69.6 Å². The summed E-state index contributed by atoms with van der Waals surface area (Å²) >= 11 is 0. The van der Waals surface area contributed by atoms with Gasteiger partial charge in [-0.25, -0.2) is 9.59 Å². The number of ether oxygens (including phenoxy) is 2. The third kappa shape index (κ3) is 7.54. The smallest absolute Gasteiger partial charge is 0.418 e. The molecule has 0 bridgehead atoms. The van der Waals surface area contributed by atoms with Crippen LogP contribution < -0.4 is 5.32 Å². The Kier molecular flexibility index (Phi) is 6.01. The van der Waals surface area contributed by atoms with Crippen LogP contribution in [-0.4, -0.2) is 34.5 Å². The first-order chi connectivity index (χ1) is 10.5. The molecule has 0 unspecified atom stereocenters. The summed E-state index contributed by atoms with van der Waals surface area (Å²) in [5, 5.41) is 2.62. The second-order valence-corrected chi connectivity index (χ2v) is 7.07. The summed E-state index contributed by atoms with van der Waals surface area (Å²) in [7, 11) is 0.